The first kappa shape index (κ1) is 12.1. The Labute approximate surface area is 98.7 Å². The first-order valence-electron chi connectivity index (χ1n) is 5.43. The van der Waals surface area contributed by atoms with Crippen LogP contribution in [0.3, 0.4) is 0 Å². The van der Waals surface area contributed by atoms with Gasteiger partial charge in [-0.2, -0.15) is 0 Å². The van der Waals surface area contributed by atoms with Gasteiger partial charge in [-0.1, -0.05) is 0 Å². The molecule has 1 aliphatic heterocycles. The summed E-state index contributed by atoms with van der Waals surface area (Å²) in [5.74, 6) is 0.358. The second kappa shape index (κ2) is 5.79. The van der Waals surface area contributed by atoms with Crippen molar-refractivity contribution in [1.82, 2.24) is 4.98 Å². The summed E-state index contributed by atoms with van der Waals surface area (Å²) < 4.78 is 28.2. The molecule has 5 nitrogen and oxygen atoms in total. The molecule has 1 aliphatic rings. The summed E-state index contributed by atoms with van der Waals surface area (Å²) >= 11 is 0. The maximum atomic E-state index is 12.0. The fourth-order valence-corrected chi connectivity index (χ4v) is 1.62. The van der Waals surface area contributed by atoms with Crippen LogP contribution in [0.1, 0.15) is 0 Å². The van der Waals surface area contributed by atoms with E-state index < -0.39 is 6.67 Å². The van der Waals surface area contributed by atoms with Crippen LogP contribution >= 0.6 is 0 Å². The normalized spacial score (nSPS) is 23.8. The molecule has 0 radical (unpaired) electrons. The summed E-state index contributed by atoms with van der Waals surface area (Å²) in [6.07, 6.45) is 1.03. The predicted molar refractivity (Wildman–Crippen MR) is 59.6 cm³/mol. The highest BCUT2D eigenvalue weighted by Crippen LogP contribution is 2.22. The molecule has 1 aromatic rings. The topological polar surface area (TPSA) is 66.6 Å². The maximum absolute atomic E-state index is 12.0. The van der Waals surface area contributed by atoms with E-state index in [2.05, 4.69) is 4.98 Å². The highest BCUT2D eigenvalue weighted by Gasteiger charge is 2.31. The summed E-state index contributed by atoms with van der Waals surface area (Å²) in [5.41, 5.74) is 6.18. The number of halogens is 1. The Morgan fingerprint density at radius 2 is 2.29 bits per heavy atom. The third-order valence-electron chi connectivity index (χ3n) is 2.45. The lowest BCUT2D eigenvalue weighted by molar-refractivity contribution is -0.00635. The number of aromatic nitrogens is 1. The molecule has 6 heteroatoms. The summed E-state index contributed by atoms with van der Waals surface area (Å²) in [6, 6.07) is 3.43. The SMILES string of the molecule is Nc1cccnc1OC1COCC1OCCF. The lowest BCUT2D eigenvalue weighted by Gasteiger charge is -2.19. The molecule has 0 bridgehead atoms. The molecule has 2 atom stereocenters. The minimum atomic E-state index is -0.519. The Bertz CT molecular complexity index is 364. The van der Waals surface area contributed by atoms with Crippen molar-refractivity contribution in [2.45, 2.75) is 12.2 Å². The summed E-state index contributed by atoms with van der Waals surface area (Å²) in [4.78, 5) is 4.02. The van der Waals surface area contributed by atoms with Gasteiger partial charge in [-0.25, -0.2) is 9.37 Å². The van der Waals surface area contributed by atoms with Gasteiger partial charge in [0.05, 0.1) is 25.5 Å². The van der Waals surface area contributed by atoms with Gasteiger partial charge in [-0.15, -0.1) is 0 Å². The van der Waals surface area contributed by atoms with Crippen molar-refractivity contribution in [1.29, 1.82) is 0 Å². The smallest absolute Gasteiger partial charge is 0.237 e. The van der Waals surface area contributed by atoms with Crippen molar-refractivity contribution in [3.63, 3.8) is 0 Å². The van der Waals surface area contributed by atoms with Crippen LogP contribution < -0.4 is 10.5 Å². The number of rotatable bonds is 5. The van der Waals surface area contributed by atoms with Crippen molar-refractivity contribution in [2.24, 2.45) is 0 Å². The van der Waals surface area contributed by atoms with Gasteiger partial charge >= 0.3 is 0 Å². The number of nitrogens with two attached hydrogens (primary N) is 1. The molecular weight excluding hydrogens is 227 g/mol. The van der Waals surface area contributed by atoms with Crippen molar-refractivity contribution >= 4 is 5.69 Å². The van der Waals surface area contributed by atoms with Crippen LogP contribution in [0.5, 0.6) is 5.88 Å². The van der Waals surface area contributed by atoms with Crippen LogP contribution in [-0.2, 0) is 9.47 Å². The van der Waals surface area contributed by atoms with Crippen molar-refractivity contribution in [3.8, 4) is 5.88 Å². The average molecular weight is 242 g/mol. The van der Waals surface area contributed by atoms with Crippen LogP contribution in [0.4, 0.5) is 10.1 Å². The van der Waals surface area contributed by atoms with Crippen LogP contribution in [0, 0.1) is 0 Å². The molecule has 0 aliphatic carbocycles. The van der Waals surface area contributed by atoms with Gasteiger partial charge in [0.2, 0.25) is 5.88 Å². The molecular formula is C11H15FN2O3. The molecule has 17 heavy (non-hydrogen) atoms. The first-order valence-corrected chi connectivity index (χ1v) is 5.43. The molecule has 2 heterocycles. The van der Waals surface area contributed by atoms with Gasteiger partial charge < -0.3 is 19.9 Å². The molecule has 0 spiro atoms. The minimum Gasteiger partial charge on any atom is -0.468 e. The van der Waals surface area contributed by atoms with Crippen LogP contribution in [0.15, 0.2) is 18.3 Å². The molecule has 2 rings (SSSR count). The standard InChI is InChI=1S/C11H15FN2O3/c12-3-5-16-9-6-15-7-10(9)17-11-8(13)2-1-4-14-11/h1-2,4,9-10H,3,5-7,13H2. The third kappa shape index (κ3) is 3.04. The summed E-state index contributed by atoms with van der Waals surface area (Å²) in [7, 11) is 0. The summed E-state index contributed by atoms with van der Waals surface area (Å²) in [5, 5.41) is 0. The Balaban J connectivity index is 1.95. The zero-order chi connectivity index (χ0) is 12.1. The van der Waals surface area contributed by atoms with Gasteiger partial charge in [-0.3, -0.25) is 0 Å². The van der Waals surface area contributed by atoms with Gasteiger partial charge in [-0.05, 0) is 12.1 Å². The Morgan fingerprint density at radius 1 is 1.47 bits per heavy atom. The van der Waals surface area contributed by atoms with Gasteiger partial charge in [0.25, 0.3) is 0 Å². The van der Waals surface area contributed by atoms with E-state index in [4.69, 9.17) is 19.9 Å². The number of nitrogens with zero attached hydrogens (tertiary/aromatic N) is 1. The van der Waals surface area contributed by atoms with Crippen LogP contribution in [-0.4, -0.2) is 43.7 Å². The quantitative estimate of drug-likeness (QED) is 0.827. The van der Waals surface area contributed by atoms with Crippen LogP contribution in [0.2, 0.25) is 0 Å². The zero-order valence-electron chi connectivity index (χ0n) is 9.34. The number of hydrogen-bond acceptors (Lipinski definition) is 5. The number of ether oxygens (including phenoxy) is 3. The largest absolute Gasteiger partial charge is 0.468 e. The fourth-order valence-electron chi connectivity index (χ4n) is 1.62. The Kier molecular flexibility index (Phi) is 4.11. The highest BCUT2D eigenvalue weighted by atomic mass is 19.1. The van der Waals surface area contributed by atoms with E-state index in [9.17, 15) is 4.39 Å². The number of alkyl halides is 1. The third-order valence-corrected chi connectivity index (χ3v) is 2.45. The maximum Gasteiger partial charge on any atom is 0.237 e. The predicted octanol–water partition coefficient (Wildman–Crippen LogP) is 0.796. The van der Waals surface area contributed by atoms with E-state index in [0.717, 1.165) is 0 Å². The molecule has 94 valence electrons. The van der Waals surface area contributed by atoms with Crippen molar-refractivity contribution < 1.29 is 18.6 Å². The summed E-state index contributed by atoms with van der Waals surface area (Å²) in [6.45, 7) is 0.324. The molecule has 2 unspecified atom stereocenters. The van der Waals surface area contributed by atoms with E-state index in [1.54, 1.807) is 18.3 Å². The lowest BCUT2D eigenvalue weighted by Crippen LogP contribution is -2.33. The highest BCUT2D eigenvalue weighted by molar-refractivity contribution is 5.47. The molecule has 0 amide bonds. The van der Waals surface area contributed by atoms with E-state index in [1.165, 1.54) is 0 Å². The fraction of sp³-hybridized carbons (Fsp3) is 0.545. The van der Waals surface area contributed by atoms with Crippen LogP contribution in [0.25, 0.3) is 0 Å². The van der Waals surface area contributed by atoms with E-state index in [0.29, 0.717) is 24.8 Å². The van der Waals surface area contributed by atoms with Gasteiger partial charge in [0.1, 0.15) is 12.8 Å². The van der Waals surface area contributed by atoms with Gasteiger partial charge in [0.15, 0.2) is 6.10 Å². The molecule has 1 saturated heterocycles. The second-order valence-electron chi connectivity index (χ2n) is 3.69. The molecule has 1 fully saturated rings. The monoisotopic (exact) mass is 242 g/mol. The number of anilines is 1. The van der Waals surface area contributed by atoms with E-state index in [-0.39, 0.29) is 18.8 Å². The molecule has 0 aromatic carbocycles. The lowest BCUT2D eigenvalue weighted by atomic mass is 10.2. The Hall–Kier alpha value is -1.40. The Morgan fingerprint density at radius 3 is 3.06 bits per heavy atom. The van der Waals surface area contributed by atoms with Crippen molar-refractivity contribution in [3.05, 3.63) is 18.3 Å². The molecule has 0 saturated carbocycles. The van der Waals surface area contributed by atoms with Gasteiger partial charge in [0, 0.05) is 6.20 Å². The minimum absolute atomic E-state index is 0.0472. The average Bonchev–Trinajstić information content (AvgIpc) is 2.77. The number of nitrogen functional groups attached to an aromatic ring is 1. The first-order chi connectivity index (χ1) is 8.31. The van der Waals surface area contributed by atoms with E-state index in [1.807, 2.05) is 0 Å². The second-order valence-corrected chi connectivity index (χ2v) is 3.69. The number of pyridine rings is 1. The van der Waals surface area contributed by atoms with E-state index >= 15 is 0 Å². The molecule has 2 N–H and O–H groups in total. The number of hydrogen-bond donors (Lipinski definition) is 1. The zero-order valence-corrected chi connectivity index (χ0v) is 9.34. The molecule has 1 aromatic heterocycles. The van der Waals surface area contributed by atoms with Crippen molar-refractivity contribution in [2.75, 3.05) is 32.2 Å².